The van der Waals surface area contributed by atoms with Crippen LogP contribution in [0.25, 0.3) is 99.1 Å². The highest BCUT2D eigenvalue weighted by Gasteiger charge is 2.42. The van der Waals surface area contributed by atoms with Crippen LogP contribution in [0, 0.1) is 0 Å². The topological polar surface area (TPSA) is 3.24 Å². The van der Waals surface area contributed by atoms with Gasteiger partial charge in [-0.15, -0.1) is 0 Å². The molecule has 0 fully saturated rings. The molecule has 352 valence electrons. The maximum Gasteiger partial charge on any atom is 0.0543 e. The predicted octanol–water partition coefficient (Wildman–Crippen LogP) is 20.3. The highest BCUT2D eigenvalue weighted by Crippen LogP contribution is 2.57. The third kappa shape index (κ3) is 7.39. The first-order valence-electron chi connectivity index (χ1n) is 26.1. The zero-order valence-electron chi connectivity index (χ0n) is 41.7. The maximum atomic E-state index is 2.52. The average Bonchev–Trinajstić information content (AvgIpc) is 3.77. The lowest BCUT2D eigenvalue weighted by molar-refractivity contribution is 0.714. The first-order valence-corrected chi connectivity index (χ1v) is 26.1. The second-order valence-corrected chi connectivity index (χ2v) is 20.1. The summed E-state index contributed by atoms with van der Waals surface area (Å²) < 4.78 is 0. The van der Waals surface area contributed by atoms with Gasteiger partial charge in [0.1, 0.15) is 0 Å². The van der Waals surface area contributed by atoms with Crippen molar-refractivity contribution in [1.29, 1.82) is 0 Å². The van der Waals surface area contributed by atoms with Crippen molar-refractivity contribution in [1.82, 2.24) is 0 Å². The Balaban J connectivity index is 0.966. The predicted molar refractivity (Wildman–Crippen MR) is 318 cm³/mol. The number of benzene rings is 13. The summed E-state index contributed by atoms with van der Waals surface area (Å²) in [6.45, 7) is 2.40. The van der Waals surface area contributed by atoms with Crippen LogP contribution in [0.5, 0.6) is 0 Å². The highest BCUT2D eigenvalue weighted by atomic mass is 15.1. The summed E-state index contributed by atoms with van der Waals surface area (Å²) in [4.78, 5) is 2.52. The fourth-order valence-electron chi connectivity index (χ4n) is 12.3. The second kappa shape index (κ2) is 18.2. The van der Waals surface area contributed by atoms with Gasteiger partial charge in [0.05, 0.1) is 11.4 Å². The average molecular weight is 954 g/mol. The SMILES string of the molecule is CC1(c2ccccc2)c2ccccc2-c2c(N(c3ccc(-c4ccc(-c5ccc6ccccc6c5)cc4)cc3)c3ccccc3-c3ccc4c(c3)c(-c3ccccc3)c(-c3ccccc3)c3ccccc34)cccc21. The molecule has 13 aromatic rings. The molecule has 0 N–H and O–H groups in total. The summed E-state index contributed by atoms with van der Waals surface area (Å²) in [5, 5.41) is 7.46. The van der Waals surface area contributed by atoms with Crippen molar-refractivity contribution in [2.24, 2.45) is 0 Å². The molecule has 1 aliphatic carbocycles. The van der Waals surface area contributed by atoms with Gasteiger partial charge >= 0.3 is 0 Å². The van der Waals surface area contributed by atoms with Crippen LogP contribution in [-0.2, 0) is 5.41 Å². The van der Waals surface area contributed by atoms with Gasteiger partial charge in [-0.1, -0.05) is 255 Å². The maximum absolute atomic E-state index is 2.52. The first-order chi connectivity index (χ1) is 37.1. The van der Waals surface area contributed by atoms with E-state index in [2.05, 4.69) is 303 Å². The van der Waals surface area contributed by atoms with Gasteiger partial charge in [0, 0.05) is 22.2 Å². The van der Waals surface area contributed by atoms with Crippen molar-refractivity contribution in [3.8, 4) is 66.8 Å². The van der Waals surface area contributed by atoms with Crippen LogP contribution >= 0.6 is 0 Å². The van der Waals surface area contributed by atoms with Gasteiger partial charge in [0.25, 0.3) is 0 Å². The zero-order valence-corrected chi connectivity index (χ0v) is 41.7. The van der Waals surface area contributed by atoms with Crippen molar-refractivity contribution in [2.75, 3.05) is 4.90 Å². The van der Waals surface area contributed by atoms with Gasteiger partial charge in [0.2, 0.25) is 0 Å². The summed E-state index contributed by atoms with van der Waals surface area (Å²) in [6.07, 6.45) is 0. The van der Waals surface area contributed by atoms with Gasteiger partial charge in [0.15, 0.2) is 0 Å². The van der Waals surface area contributed by atoms with Crippen LogP contribution in [-0.4, -0.2) is 0 Å². The van der Waals surface area contributed by atoms with Crippen molar-refractivity contribution < 1.29 is 0 Å². The molecule has 0 bridgehead atoms. The molecule has 1 heteroatoms. The fourth-order valence-corrected chi connectivity index (χ4v) is 12.3. The molecule has 0 aromatic heterocycles. The number of nitrogens with zero attached hydrogens (tertiary/aromatic N) is 1. The molecule has 14 rings (SSSR count). The minimum absolute atomic E-state index is 0.358. The van der Waals surface area contributed by atoms with Crippen LogP contribution in [0.1, 0.15) is 23.6 Å². The summed E-state index contributed by atoms with van der Waals surface area (Å²) >= 11 is 0. The molecule has 0 saturated carbocycles. The van der Waals surface area contributed by atoms with Gasteiger partial charge in [-0.25, -0.2) is 0 Å². The van der Waals surface area contributed by atoms with E-state index in [4.69, 9.17) is 0 Å². The number of para-hydroxylation sites is 1. The molecule has 1 unspecified atom stereocenters. The van der Waals surface area contributed by atoms with E-state index in [9.17, 15) is 0 Å². The van der Waals surface area contributed by atoms with Crippen LogP contribution in [0.3, 0.4) is 0 Å². The lowest BCUT2D eigenvalue weighted by Crippen LogP contribution is -2.22. The van der Waals surface area contributed by atoms with E-state index >= 15 is 0 Å². The monoisotopic (exact) mass is 953 g/mol. The molecule has 75 heavy (non-hydrogen) atoms. The normalized spacial score (nSPS) is 13.7. The Morgan fingerprint density at radius 1 is 0.267 bits per heavy atom. The lowest BCUT2D eigenvalue weighted by atomic mass is 9.74. The molecule has 1 atom stereocenters. The first kappa shape index (κ1) is 44.2. The molecule has 1 aliphatic rings. The molecule has 0 spiro atoms. The number of hydrogen-bond acceptors (Lipinski definition) is 1. The molecular weight excluding hydrogens is 903 g/mol. The number of anilines is 3. The molecule has 13 aromatic carbocycles. The van der Waals surface area contributed by atoms with E-state index < -0.39 is 0 Å². The Morgan fingerprint density at radius 3 is 1.48 bits per heavy atom. The van der Waals surface area contributed by atoms with Crippen molar-refractivity contribution >= 4 is 49.4 Å². The second-order valence-electron chi connectivity index (χ2n) is 20.1. The van der Waals surface area contributed by atoms with Crippen molar-refractivity contribution in [2.45, 2.75) is 12.3 Å². The molecule has 0 radical (unpaired) electrons. The quantitative estimate of drug-likeness (QED) is 0.130. The minimum Gasteiger partial charge on any atom is -0.309 e. The van der Waals surface area contributed by atoms with Gasteiger partial charge in [-0.2, -0.15) is 0 Å². The lowest BCUT2D eigenvalue weighted by Gasteiger charge is -2.31. The molecule has 1 nitrogen and oxygen atoms in total. The number of rotatable bonds is 9. The summed E-state index contributed by atoms with van der Waals surface area (Å²) in [5.41, 5.74) is 21.4. The Bertz CT molecular complexity index is 4270. The highest BCUT2D eigenvalue weighted by molar-refractivity contribution is 6.22. The smallest absolute Gasteiger partial charge is 0.0543 e. The Morgan fingerprint density at radius 2 is 0.760 bits per heavy atom. The van der Waals surface area contributed by atoms with Crippen LogP contribution in [0.4, 0.5) is 17.1 Å². The molecule has 0 saturated heterocycles. The van der Waals surface area contributed by atoms with Gasteiger partial charge < -0.3 is 4.90 Å². The summed E-state index contributed by atoms with van der Waals surface area (Å²) in [6, 6.07) is 107. The van der Waals surface area contributed by atoms with Crippen molar-refractivity contribution in [3.05, 3.63) is 308 Å². The minimum atomic E-state index is -0.358. The zero-order chi connectivity index (χ0) is 49.9. The standard InChI is InChI=1S/C74H51N/c1-74(59-26-9-4-10-27-59)67-32-17-15-31-65(67)73-68(74)33-19-35-70(73)75(60-45-42-52(43-46-60)51-36-38-53(39-37-51)57-41-40-50-20-11-12-25-56(50)48-57)69-34-18-16-28-61(69)58-44-47-63-62-29-13-14-30-64(62)71(54-21-5-2-6-22-54)72(66(63)49-58)55-23-7-3-8-24-55/h2-49H,1H3. The third-order valence-electron chi connectivity index (χ3n) is 15.9. The van der Waals surface area contributed by atoms with E-state index in [1.807, 2.05) is 0 Å². The number of fused-ring (bicyclic) bond motifs is 7. The molecular formula is C74H51N. The number of hydrogen-bond donors (Lipinski definition) is 0. The Hall–Kier alpha value is -9.56. The van der Waals surface area contributed by atoms with Crippen LogP contribution < -0.4 is 4.90 Å². The third-order valence-corrected chi connectivity index (χ3v) is 15.9. The van der Waals surface area contributed by atoms with E-state index in [-0.39, 0.29) is 5.41 Å². The van der Waals surface area contributed by atoms with Crippen LogP contribution in [0.2, 0.25) is 0 Å². The Labute approximate surface area is 438 Å². The van der Waals surface area contributed by atoms with E-state index in [0.29, 0.717) is 0 Å². The Kier molecular flexibility index (Phi) is 10.7. The van der Waals surface area contributed by atoms with Gasteiger partial charge in [-0.05, 0) is 148 Å². The summed E-state index contributed by atoms with van der Waals surface area (Å²) in [7, 11) is 0. The van der Waals surface area contributed by atoms with E-state index in [0.717, 1.165) is 28.2 Å². The fraction of sp³-hybridized carbons (Fsp3) is 0.0270. The van der Waals surface area contributed by atoms with Crippen molar-refractivity contribution in [3.63, 3.8) is 0 Å². The summed E-state index contributed by atoms with van der Waals surface area (Å²) in [5.74, 6) is 0. The molecule has 0 aliphatic heterocycles. The van der Waals surface area contributed by atoms with Gasteiger partial charge in [-0.3, -0.25) is 0 Å². The molecule has 0 amide bonds. The van der Waals surface area contributed by atoms with Crippen LogP contribution in [0.15, 0.2) is 291 Å². The van der Waals surface area contributed by atoms with E-state index in [1.54, 1.807) is 0 Å². The van der Waals surface area contributed by atoms with E-state index in [1.165, 1.54) is 105 Å². The largest absolute Gasteiger partial charge is 0.309 e. The molecule has 0 heterocycles.